The number of ether oxygens (including phenoxy) is 2. The number of benzene rings is 3. The Bertz CT molecular complexity index is 869. The Labute approximate surface area is 165 Å². The summed E-state index contributed by atoms with van der Waals surface area (Å²) < 4.78 is 12.4. The molecule has 0 aliphatic carbocycles. The number of fused-ring (bicyclic) bond motifs is 2. The second kappa shape index (κ2) is 7.94. The third-order valence-corrected chi connectivity index (χ3v) is 4.72. The van der Waals surface area contributed by atoms with E-state index in [1.807, 2.05) is 36.4 Å². The van der Waals surface area contributed by atoms with E-state index >= 15 is 0 Å². The van der Waals surface area contributed by atoms with Gasteiger partial charge < -0.3 is 9.47 Å². The minimum atomic E-state index is 0.391. The molecule has 0 saturated heterocycles. The number of hydrogen-bond acceptors (Lipinski definition) is 2. The zero-order valence-corrected chi connectivity index (χ0v) is 17.1. The summed E-state index contributed by atoms with van der Waals surface area (Å²) in [4.78, 5) is 0. The van der Waals surface area contributed by atoms with Gasteiger partial charge in [-0.1, -0.05) is 75.2 Å². The lowest BCUT2D eigenvalue weighted by molar-refractivity contribution is 0.273. The van der Waals surface area contributed by atoms with E-state index in [2.05, 4.69) is 27.7 Å². The molecule has 0 N–H and O–H groups in total. The van der Waals surface area contributed by atoms with E-state index in [1.165, 1.54) is 0 Å². The van der Waals surface area contributed by atoms with Crippen LogP contribution in [0, 0.1) is 11.8 Å². The van der Waals surface area contributed by atoms with E-state index < -0.39 is 0 Å². The Hall–Kier alpha value is -1.64. The van der Waals surface area contributed by atoms with Crippen molar-refractivity contribution in [3.63, 3.8) is 0 Å². The van der Waals surface area contributed by atoms with Crippen molar-refractivity contribution in [2.45, 2.75) is 27.7 Å². The van der Waals surface area contributed by atoms with Crippen LogP contribution in [-0.4, -0.2) is 13.2 Å². The van der Waals surface area contributed by atoms with Gasteiger partial charge in [-0.15, -0.1) is 0 Å². The van der Waals surface area contributed by atoms with Gasteiger partial charge in [0.1, 0.15) is 11.5 Å². The minimum absolute atomic E-state index is 0.391. The summed E-state index contributed by atoms with van der Waals surface area (Å²) in [6.07, 6.45) is 0. The van der Waals surface area contributed by atoms with Crippen LogP contribution in [0.15, 0.2) is 36.4 Å². The number of halogens is 2. The van der Waals surface area contributed by atoms with Gasteiger partial charge in [-0.05, 0) is 24.0 Å². The smallest absolute Gasteiger partial charge is 0.138 e. The Kier molecular flexibility index (Phi) is 5.84. The predicted molar refractivity (Wildman–Crippen MR) is 112 cm³/mol. The molecule has 26 heavy (non-hydrogen) atoms. The molecule has 0 spiro atoms. The van der Waals surface area contributed by atoms with E-state index in [0.29, 0.717) is 35.1 Å². The van der Waals surface area contributed by atoms with E-state index in [-0.39, 0.29) is 0 Å². The lowest BCUT2D eigenvalue weighted by Gasteiger charge is -2.20. The lowest BCUT2D eigenvalue weighted by Crippen LogP contribution is -2.08. The van der Waals surface area contributed by atoms with Gasteiger partial charge in [0.15, 0.2) is 0 Å². The first-order valence-corrected chi connectivity index (χ1v) is 9.73. The molecule has 138 valence electrons. The molecule has 0 heterocycles. The van der Waals surface area contributed by atoms with E-state index in [0.717, 1.165) is 33.0 Å². The molecule has 0 aliphatic rings. The summed E-state index contributed by atoms with van der Waals surface area (Å²) in [6.45, 7) is 9.71. The Morgan fingerprint density at radius 1 is 0.692 bits per heavy atom. The maximum absolute atomic E-state index is 6.59. The van der Waals surface area contributed by atoms with Crippen molar-refractivity contribution in [2.24, 2.45) is 11.8 Å². The number of rotatable bonds is 6. The summed E-state index contributed by atoms with van der Waals surface area (Å²) in [5.41, 5.74) is 0. The normalized spacial score (nSPS) is 11.7. The monoisotopic (exact) mass is 390 g/mol. The molecule has 0 aliphatic heterocycles. The van der Waals surface area contributed by atoms with Crippen molar-refractivity contribution >= 4 is 44.7 Å². The van der Waals surface area contributed by atoms with Crippen molar-refractivity contribution in [2.75, 3.05) is 13.2 Å². The highest BCUT2D eigenvalue weighted by Crippen LogP contribution is 2.47. The van der Waals surface area contributed by atoms with Crippen LogP contribution >= 0.6 is 23.2 Å². The zero-order chi connectivity index (χ0) is 18.8. The van der Waals surface area contributed by atoms with Crippen LogP contribution in [0.1, 0.15) is 27.7 Å². The largest absolute Gasteiger partial charge is 0.492 e. The van der Waals surface area contributed by atoms with Crippen molar-refractivity contribution in [1.29, 1.82) is 0 Å². The van der Waals surface area contributed by atoms with Crippen LogP contribution in [0.25, 0.3) is 21.5 Å². The molecule has 0 saturated carbocycles. The van der Waals surface area contributed by atoms with Crippen LogP contribution in [0.2, 0.25) is 10.0 Å². The second-order valence-corrected chi connectivity index (χ2v) is 8.21. The first kappa shape index (κ1) is 19.1. The van der Waals surface area contributed by atoms with E-state index in [1.54, 1.807) is 0 Å². The maximum Gasteiger partial charge on any atom is 0.138 e. The van der Waals surface area contributed by atoms with Crippen LogP contribution in [0.5, 0.6) is 11.5 Å². The molecule has 3 aromatic rings. The summed E-state index contributed by atoms with van der Waals surface area (Å²) >= 11 is 13.2. The summed E-state index contributed by atoms with van der Waals surface area (Å²) in [7, 11) is 0. The standard InChI is InChI=1S/C22H24Cl2O2/c1-13(2)11-25-21-15-7-5-9-17(23)19(15)22(26-12-14(3)4)20-16(21)8-6-10-18(20)24/h5-10,13-14H,11-12H2,1-4H3. The molecule has 3 rings (SSSR count). The van der Waals surface area contributed by atoms with Crippen LogP contribution in [0.4, 0.5) is 0 Å². The first-order valence-electron chi connectivity index (χ1n) is 8.98. The van der Waals surface area contributed by atoms with Crippen LogP contribution < -0.4 is 9.47 Å². The third-order valence-electron chi connectivity index (χ3n) is 4.09. The minimum Gasteiger partial charge on any atom is -0.492 e. The molecule has 0 unspecified atom stereocenters. The van der Waals surface area contributed by atoms with Gasteiger partial charge in [-0.2, -0.15) is 0 Å². The summed E-state index contributed by atoms with van der Waals surface area (Å²) in [5.74, 6) is 2.35. The highest BCUT2D eigenvalue weighted by Gasteiger charge is 2.20. The van der Waals surface area contributed by atoms with Gasteiger partial charge >= 0.3 is 0 Å². The second-order valence-electron chi connectivity index (χ2n) is 7.39. The van der Waals surface area contributed by atoms with Gasteiger partial charge in [0.25, 0.3) is 0 Å². The van der Waals surface area contributed by atoms with Gasteiger partial charge in [0.05, 0.1) is 23.3 Å². The van der Waals surface area contributed by atoms with Gasteiger partial charge in [0, 0.05) is 21.5 Å². The van der Waals surface area contributed by atoms with E-state index in [4.69, 9.17) is 32.7 Å². The highest BCUT2D eigenvalue weighted by atomic mass is 35.5. The Morgan fingerprint density at radius 3 is 1.54 bits per heavy atom. The fourth-order valence-electron chi connectivity index (χ4n) is 2.96. The van der Waals surface area contributed by atoms with Gasteiger partial charge in [0.2, 0.25) is 0 Å². The molecule has 0 aromatic heterocycles. The topological polar surface area (TPSA) is 18.5 Å². The van der Waals surface area contributed by atoms with Crippen molar-refractivity contribution < 1.29 is 9.47 Å². The fourth-order valence-corrected chi connectivity index (χ4v) is 3.48. The molecule has 0 fully saturated rings. The summed E-state index contributed by atoms with van der Waals surface area (Å²) in [6, 6.07) is 11.7. The quantitative estimate of drug-likeness (QED) is 0.409. The van der Waals surface area contributed by atoms with Gasteiger partial charge in [-0.25, -0.2) is 0 Å². The molecule has 4 heteroatoms. The van der Waals surface area contributed by atoms with Crippen molar-refractivity contribution in [3.8, 4) is 11.5 Å². The highest BCUT2D eigenvalue weighted by molar-refractivity contribution is 6.40. The molecule has 2 nitrogen and oxygen atoms in total. The van der Waals surface area contributed by atoms with E-state index in [9.17, 15) is 0 Å². The lowest BCUT2D eigenvalue weighted by atomic mass is 10.00. The molecule has 0 atom stereocenters. The molecule has 0 bridgehead atoms. The average Bonchev–Trinajstić information content (AvgIpc) is 2.58. The maximum atomic E-state index is 6.59. The average molecular weight is 391 g/mol. The predicted octanol–water partition coefficient (Wildman–Crippen LogP) is 7.37. The fraction of sp³-hybridized carbons (Fsp3) is 0.364. The van der Waals surface area contributed by atoms with Crippen molar-refractivity contribution in [3.05, 3.63) is 46.4 Å². The SMILES string of the molecule is CC(C)COc1c2cccc(Cl)c2c(OCC(C)C)c2c(Cl)cccc12. The summed E-state index contributed by atoms with van der Waals surface area (Å²) in [5, 5.41) is 4.89. The molecular weight excluding hydrogens is 367 g/mol. The molecule has 3 aromatic carbocycles. The number of hydrogen-bond donors (Lipinski definition) is 0. The van der Waals surface area contributed by atoms with Gasteiger partial charge in [-0.3, -0.25) is 0 Å². The van der Waals surface area contributed by atoms with Crippen molar-refractivity contribution in [1.82, 2.24) is 0 Å². The molecular formula is C22H24Cl2O2. The molecule has 0 amide bonds. The van der Waals surface area contributed by atoms with Crippen LogP contribution in [-0.2, 0) is 0 Å². The first-order chi connectivity index (χ1) is 12.4. The molecule has 0 radical (unpaired) electrons. The third kappa shape index (κ3) is 3.72. The Morgan fingerprint density at radius 2 is 1.12 bits per heavy atom. The van der Waals surface area contributed by atoms with Crippen LogP contribution in [0.3, 0.4) is 0 Å². The zero-order valence-electron chi connectivity index (χ0n) is 15.6. The Balaban J connectivity index is 2.37.